The Morgan fingerprint density at radius 1 is 1.12 bits per heavy atom. The molecule has 0 saturated carbocycles. The number of carbonyl (C=O) groups is 2. The Balaban J connectivity index is 1.67. The van der Waals surface area contributed by atoms with Crippen molar-refractivity contribution in [1.82, 2.24) is 0 Å². The van der Waals surface area contributed by atoms with Crippen molar-refractivity contribution < 1.29 is 23.8 Å². The minimum atomic E-state index is -0.797. The molecule has 0 aliphatic carbocycles. The number of para-hydroxylation sites is 3. The maximum absolute atomic E-state index is 12.5. The third-order valence-corrected chi connectivity index (χ3v) is 3.94. The molecule has 0 saturated heterocycles. The molecule has 3 rings (SSSR count). The molecule has 0 spiro atoms. The van der Waals surface area contributed by atoms with Gasteiger partial charge in [0.15, 0.2) is 11.5 Å². The number of esters is 1. The van der Waals surface area contributed by atoms with Crippen LogP contribution in [-0.4, -0.2) is 31.2 Å². The lowest BCUT2D eigenvalue weighted by Gasteiger charge is -2.25. The van der Waals surface area contributed by atoms with Gasteiger partial charge in [-0.2, -0.15) is 0 Å². The first kappa shape index (κ1) is 17.8. The van der Waals surface area contributed by atoms with E-state index >= 15 is 0 Å². The van der Waals surface area contributed by atoms with Crippen LogP contribution in [0.3, 0.4) is 0 Å². The molecule has 136 valence electrons. The standard InChI is InChI=1S/C20H21NO5/c1-2-3-12-24-20(23)14-8-4-5-9-15(14)21-19(22)18-13-25-16-10-6-7-11-17(16)26-18/h4-11,18H,2-3,12-13H2,1H3,(H,21,22). The van der Waals surface area contributed by atoms with E-state index in [0.29, 0.717) is 29.4 Å². The average Bonchev–Trinajstić information content (AvgIpc) is 2.68. The van der Waals surface area contributed by atoms with Gasteiger partial charge in [0, 0.05) is 0 Å². The summed E-state index contributed by atoms with van der Waals surface area (Å²) in [5, 5.41) is 2.74. The van der Waals surface area contributed by atoms with Crippen LogP contribution in [0.2, 0.25) is 0 Å². The summed E-state index contributed by atoms with van der Waals surface area (Å²) in [5.74, 6) is 0.288. The quantitative estimate of drug-likeness (QED) is 0.635. The number of rotatable bonds is 6. The largest absolute Gasteiger partial charge is 0.485 e. The van der Waals surface area contributed by atoms with Gasteiger partial charge in [-0.25, -0.2) is 4.79 Å². The number of anilines is 1. The second-order valence-corrected chi connectivity index (χ2v) is 5.89. The maximum atomic E-state index is 12.5. The number of fused-ring (bicyclic) bond motifs is 1. The van der Waals surface area contributed by atoms with E-state index < -0.39 is 12.1 Å². The van der Waals surface area contributed by atoms with Crippen LogP contribution in [0.25, 0.3) is 0 Å². The van der Waals surface area contributed by atoms with Gasteiger partial charge in [-0.3, -0.25) is 4.79 Å². The molecule has 1 unspecified atom stereocenters. The summed E-state index contributed by atoms with van der Waals surface area (Å²) < 4.78 is 16.5. The van der Waals surface area contributed by atoms with Gasteiger partial charge in [-0.05, 0) is 30.7 Å². The Hall–Kier alpha value is -3.02. The fourth-order valence-electron chi connectivity index (χ4n) is 2.52. The number of hydrogen-bond acceptors (Lipinski definition) is 5. The second kappa shape index (κ2) is 8.38. The maximum Gasteiger partial charge on any atom is 0.340 e. The molecular weight excluding hydrogens is 334 g/mol. The zero-order valence-corrected chi connectivity index (χ0v) is 14.6. The van der Waals surface area contributed by atoms with Crippen molar-refractivity contribution in [1.29, 1.82) is 0 Å². The monoisotopic (exact) mass is 355 g/mol. The van der Waals surface area contributed by atoms with Gasteiger partial charge in [0.05, 0.1) is 17.9 Å². The number of benzene rings is 2. The predicted octanol–water partition coefficient (Wildman–Crippen LogP) is 3.42. The summed E-state index contributed by atoms with van der Waals surface area (Å²) in [6.07, 6.45) is 0.938. The molecule has 1 atom stereocenters. The van der Waals surface area contributed by atoms with Crippen molar-refractivity contribution >= 4 is 17.6 Å². The number of carbonyl (C=O) groups excluding carboxylic acids is 2. The van der Waals surface area contributed by atoms with Gasteiger partial charge in [0.1, 0.15) is 6.61 Å². The third kappa shape index (κ3) is 4.14. The van der Waals surface area contributed by atoms with Crippen LogP contribution >= 0.6 is 0 Å². The topological polar surface area (TPSA) is 73.9 Å². The van der Waals surface area contributed by atoms with Gasteiger partial charge in [0.25, 0.3) is 5.91 Å². The highest BCUT2D eigenvalue weighted by molar-refractivity contribution is 6.02. The SMILES string of the molecule is CCCCOC(=O)c1ccccc1NC(=O)C1COc2ccccc2O1. The van der Waals surface area contributed by atoms with Crippen molar-refractivity contribution in [3.05, 3.63) is 54.1 Å². The van der Waals surface area contributed by atoms with E-state index in [9.17, 15) is 9.59 Å². The lowest BCUT2D eigenvalue weighted by molar-refractivity contribution is -0.125. The van der Waals surface area contributed by atoms with Crippen molar-refractivity contribution in [3.8, 4) is 11.5 Å². The van der Waals surface area contributed by atoms with Crippen molar-refractivity contribution in [3.63, 3.8) is 0 Å². The Kier molecular flexibility index (Phi) is 5.73. The Bertz CT molecular complexity index is 789. The van der Waals surface area contributed by atoms with Crippen LogP contribution in [0.15, 0.2) is 48.5 Å². The van der Waals surface area contributed by atoms with E-state index in [1.165, 1.54) is 0 Å². The molecule has 6 nitrogen and oxygen atoms in total. The van der Waals surface area contributed by atoms with Crippen LogP contribution in [0, 0.1) is 0 Å². The fourth-order valence-corrected chi connectivity index (χ4v) is 2.52. The molecule has 1 heterocycles. The smallest absolute Gasteiger partial charge is 0.340 e. The van der Waals surface area contributed by atoms with Crippen molar-refractivity contribution in [2.45, 2.75) is 25.9 Å². The van der Waals surface area contributed by atoms with E-state index in [2.05, 4.69) is 5.32 Å². The van der Waals surface area contributed by atoms with E-state index in [4.69, 9.17) is 14.2 Å². The summed E-state index contributed by atoms with van der Waals surface area (Å²) in [4.78, 5) is 24.8. The summed E-state index contributed by atoms with van der Waals surface area (Å²) in [5.41, 5.74) is 0.704. The second-order valence-electron chi connectivity index (χ2n) is 5.89. The highest BCUT2D eigenvalue weighted by atomic mass is 16.6. The molecule has 1 amide bonds. The molecule has 1 N–H and O–H groups in total. The first-order chi connectivity index (χ1) is 12.7. The van der Waals surface area contributed by atoms with Crippen molar-refractivity contribution in [2.75, 3.05) is 18.5 Å². The van der Waals surface area contributed by atoms with Gasteiger partial charge in [-0.1, -0.05) is 37.6 Å². The molecule has 26 heavy (non-hydrogen) atoms. The van der Waals surface area contributed by atoms with E-state index in [0.717, 1.165) is 12.8 Å². The lowest BCUT2D eigenvalue weighted by Crippen LogP contribution is -2.40. The van der Waals surface area contributed by atoms with Crippen LogP contribution in [-0.2, 0) is 9.53 Å². The highest BCUT2D eigenvalue weighted by Crippen LogP contribution is 2.31. The molecule has 0 aromatic heterocycles. The average molecular weight is 355 g/mol. The first-order valence-electron chi connectivity index (χ1n) is 8.64. The van der Waals surface area contributed by atoms with Gasteiger partial charge in [-0.15, -0.1) is 0 Å². The Labute approximate surface area is 152 Å². The normalized spacial score (nSPS) is 15.2. The van der Waals surface area contributed by atoms with Crippen molar-refractivity contribution in [2.24, 2.45) is 0 Å². The first-order valence-corrected chi connectivity index (χ1v) is 8.64. The number of ether oxygens (including phenoxy) is 3. The third-order valence-electron chi connectivity index (χ3n) is 3.94. The van der Waals surface area contributed by atoms with Gasteiger partial charge < -0.3 is 19.5 Å². The van der Waals surface area contributed by atoms with E-state index in [-0.39, 0.29) is 12.5 Å². The Morgan fingerprint density at radius 2 is 1.85 bits per heavy atom. The zero-order valence-electron chi connectivity index (χ0n) is 14.6. The molecule has 1 aliphatic rings. The molecule has 1 aliphatic heterocycles. The molecule has 2 aromatic carbocycles. The summed E-state index contributed by atoms with van der Waals surface area (Å²) in [6, 6.07) is 13.9. The van der Waals surface area contributed by atoms with E-state index in [1.54, 1.807) is 36.4 Å². The number of unbranched alkanes of at least 4 members (excludes halogenated alkanes) is 1. The van der Waals surface area contributed by atoms with Crippen LogP contribution in [0.4, 0.5) is 5.69 Å². The van der Waals surface area contributed by atoms with Crippen LogP contribution in [0.1, 0.15) is 30.1 Å². The van der Waals surface area contributed by atoms with Gasteiger partial charge in [0.2, 0.25) is 6.10 Å². The molecule has 6 heteroatoms. The molecular formula is C20H21NO5. The Morgan fingerprint density at radius 3 is 2.65 bits per heavy atom. The molecule has 2 aromatic rings. The van der Waals surface area contributed by atoms with E-state index in [1.807, 2.05) is 19.1 Å². The molecule has 0 fully saturated rings. The number of hydrogen-bond donors (Lipinski definition) is 1. The highest BCUT2D eigenvalue weighted by Gasteiger charge is 2.28. The summed E-state index contributed by atoms with van der Waals surface area (Å²) >= 11 is 0. The summed E-state index contributed by atoms with van der Waals surface area (Å²) in [7, 11) is 0. The minimum Gasteiger partial charge on any atom is -0.485 e. The summed E-state index contributed by atoms with van der Waals surface area (Å²) in [6.45, 7) is 2.48. The predicted molar refractivity (Wildman–Crippen MR) is 96.6 cm³/mol. The minimum absolute atomic E-state index is 0.103. The fraction of sp³-hybridized carbons (Fsp3) is 0.300. The van der Waals surface area contributed by atoms with Crippen LogP contribution in [0.5, 0.6) is 11.5 Å². The lowest BCUT2D eigenvalue weighted by atomic mass is 10.1. The number of amides is 1. The molecule has 0 bridgehead atoms. The number of nitrogens with one attached hydrogen (secondary N) is 1. The van der Waals surface area contributed by atoms with Crippen LogP contribution < -0.4 is 14.8 Å². The van der Waals surface area contributed by atoms with Gasteiger partial charge >= 0.3 is 5.97 Å². The molecule has 0 radical (unpaired) electrons. The zero-order chi connectivity index (χ0) is 18.4.